The molecular weight excluding hydrogens is 136 g/mol. The Balaban J connectivity index is 0.000000810. The first kappa shape index (κ1) is 9.03. The van der Waals surface area contributed by atoms with Gasteiger partial charge in [-0.15, -0.1) is 0 Å². The average molecular weight is 147 g/mol. The van der Waals surface area contributed by atoms with E-state index in [0.29, 0.717) is 19.3 Å². The van der Waals surface area contributed by atoms with Crippen LogP contribution in [-0.2, 0) is 4.79 Å². The fourth-order valence-corrected chi connectivity index (χ4v) is 1.02. The third kappa shape index (κ3) is 1.51. The number of carbonyl (C=O) groups excluding carboxylic acids is 1. The number of Topliss-reactive ketones (excluding diaryl/α,β-unsaturated/α-hetero) is 1. The highest BCUT2D eigenvalue weighted by Crippen LogP contribution is 2.16. The van der Waals surface area contributed by atoms with E-state index in [1.165, 1.54) is 0 Å². The van der Waals surface area contributed by atoms with Crippen molar-refractivity contribution in [2.24, 2.45) is 0 Å². The van der Waals surface area contributed by atoms with Crippen molar-refractivity contribution in [2.75, 3.05) is 0 Å². The van der Waals surface area contributed by atoms with Crippen LogP contribution in [0, 0.1) is 10.1 Å². The Morgan fingerprint density at radius 3 is 2.40 bits per heavy atom. The van der Waals surface area contributed by atoms with Gasteiger partial charge in [-0.25, -0.2) is 0 Å². The Kier molecular flexibility index (Phi) is 2.95. The molecule has 5 nitrogen and oxygen atoms in total. The van der Waals surface area contributed by atoms with E-state index >= 15 is 0 Å². The summed E-state index contributed by atoms with van der Waals surface area (Å²) in [7, 11) is 0. The lowest BCUT2D eigenvalue weighted by molar-refractivity contribution is -0.505. The molecule has 1 aliphatic carbocycles. The molecule has 0 aromatic carbocycles. The highest BCUT2D eigenvalue weighted by Gasteiger charge is 2.33. The predicted molar refractivity (Wildman–Crippen MR) is 35.6 cm³/mol. The van der Waals surface area contributed by atoms with Crippen LogP contribution in [0.4, 0.5) is 0 Å². The molecule has 0 aromatic heterocycles. The van der Waals surface area contributed by atoms with Gasteiger partial charge in [0.1, 0.15) is 0 Å². The summed E-state index contributed by atoms with van der Waals surface area (Å²) in [5.41, 5.74) is 0. The number of nitro groups is 1. The molecule has 0 aromatic rings. The van der Waals surface area contributed by atoms with Gasteiger partial charge in [0.05, 0.1) is 0 Å². The highest BCUT2D eigenvalue weighted by molar-refractivity contribution is 5.84. The summed E-state index contributed by atoms with van der Waals surface area (Å²) >= 11 is 0. The molecule has 4 N–H and O–H groups in total. The molecule has 1 saturated carbocycles. The lowest BCUT2D eigenvalue weighted by atomic mass is 10.2. The van der Waals surface area contributed by atoms with Crippen molar-refractivity contribution in [3.8, 4) is 0 Å². The van der Waals surface area contributed by atoms with Crippen molar-refractivity contribution < 1.29 is 9.72 Å². The van der Waals surface area contributed by atoms with Crippen molar-refractivity contribution in [2.45, 2.75) is 25.3 Å². The van der Waals surface area contributed by atoms with Crippen molar-refractivity contribution in [3.05, 3.63) is 10.1 Å². The van der Waals surface area contributed by atoms with E-state index in [2.05, 4.69) is 0 Å². The normalized spacial score (nSPS) is 24.0. The molecular formula is C5H11N2O3+. The lowest BCUT2D eigenvalue weighted by Gasteiger charge is -1.94. The third-order valence-corrected chi connectivity index (χ3v) is 1.53. The second-order valence-electron chi connectivity index (χ2n) is 2.16. The molecule has 5 heteroatoms. The summed E-state index contributed by atoms with van der Waals surface area (Å²) in [6.45, 7) is 0. The van der Waals surface area contributed by atoms with E-state index in [0.717, 1.165) is 0 Å². The Labute approximate surface area is 58.1 Å². The first-order valence-corrected chi connectivity index (χ1v) is 2.88. The average Bonchev–Trinajstić information content (AvgIpc) is 2.13. The maximum absolute atomic E-state index is 10.6. The number of quaternary nitrogens is 1. The maximum atomic E-state index is 10.6. The zero-order valence-electron chi connectivity index (χ0n) is 5.87. The maximum Gasteiger partial charge on any atom is 0.270 e. The fraction of sp³-hybridized carbons (Fsp3) is 0.800. The minimum Gasteiger partial charge on any atom is -0.369 e. The Bertz CT molecular complexity index is 157. The van der Waals surface area contributed by atoms with Crippen LogP contribution in [0.5, 0.6) is 0 Å². The zero-order chi connectivity index (χ0) is 6.85. The van der Waals surface area contributed by atoms with Crippen LogP contribution in [0.15, 0.2) is 0 Å². The molecule has 1 fully saturated rings. The highest BCUT2D eigenvalue weighted by atomic mass is 16.6. The van der Waals surface area contributed by atoms with Crippen LogP contribution in [0.1, 0.15) is 19.3 Å². The van der Waals surface area contributed by atoms with Crippen LogP contribution < -0.4 is 6.15 Å². The molecule has 0 spiro atoms. The van der Waals surface area contributed by atoms with Crippen molar-refractivity contribution >= 4 is 5.78 Å². The third-order valence-electron chi connectivity index (χ3n) is 1.53. The minimum absolute atomic E-state index is 0. The second-order valence-corrected chi connectivity index (χ2v) is 2.16. The van der Waals surface area contributed by atoms with Gasteiger partial charge < -0.3 is 6.15 Å². The predicted octanol–water partition coefficient (Wildman–Crippen LogP) is 0.761. The van der Waals surface area contributed by atoms with Gasteiger partial charge in [-0.2, -0.15) is 0 Å². The molecule has 1 atom stereocenters. The molecule has 0 bridgehead atoms. The Morgan fingerprint density at radius 2 is 2.20 bits per heavy atom. The summed E-state index contributed by atoms with van der Waals surface area (Å²) in [6, 6.07) is -0.884. The van der Waals surface area contributed by atoms with E-state index in [4.69, 9.17) is 0 Å². The van der Waals surface area contributed by atoms with Crippen LogP contribution in [0.2, 0.25) is 0 Å². The van der Waals surface area contributed by atoms with Crippen LogP contribution in [0.25, 0.3) is 0 Å². The van der Waals surface area contributed by atoms with Gasteiger partial charge in [0.2, 0.25) is 5.78 Å². The number of ketones is 1. The number of carbonyl (C=O) groups is 1. The first-order valence-electron chi connectivity index (χ1n) is 2.88. The van der Waals surface area contributed by atoms with Crippen LogP contribution >= 0.6 is 0 Å². The molecule has 1 aliphatic rings. The summed E-state index contributed by atoms with van der Waals surface area (Å²) < 4.78 is 0. The monoisotopic (exact) mass is 147 g/mol. The number of hydrogen-bond acceptors (Lipinski definition) is 3. The van der Waals surface area contributed by atoms with E-state index < -0.39 is 11.0 Å². The number of rotatable bonds is 1. The van der Waals surface area contributed by atoms with E-state index in [1.54, 1.807) is 0 Å². The van der Waals surface area contributed by atoms with E-state index in [-0.39, 0.29) is 11.9 Å². The topological polar surface area (TPSA) is 96.7 Å². The summed E-state index contributed by atoms with van der Waals surface area (Å²) in [5, 5.41) is 10.00. The van der Waals surface area contributed by atoms with Gasteiger partial charge in [0, 0.05) is 17.8 Å². The summed E-state index contributed by atoms with van der Waals surface area (Å²) in [6.07, 6.45) is 1.52. The van der Waals surface area contributed by atoms with Crippen LogP contribution in [0.3, 0.4) is 0 Å². The molecule has 0 heterocycles. The molecule has 0 amide bonds. The summed E-state index contributed by atoms with van der Waals surface area (Å²) in [4.78, 5) is 20.1. The second kappa shape index (κ2) is 3.26. The molecule has 10 heavy (non-hydrogen) atoms. The van der Waals surface area contributed by atoms with Crippen molar-refractivity contribution in [1.29, 1.82) is 0 Å². The lowest BCUT2D eigenvalue weighted by Crippen LogP contribution is -2.23. The molecule has 0 aliphatic heterocycles. The first-order chi connectivity index (χ1) is 4.22. The van der Waals surface area contributed by atoms with Gasteiger partial charge in [-0.05, 0) is 6.42 Å². The Hall–Kier alpha value is -0.970. The van der Waals surface area contributed by atoms with Gasteiger partial charge in [-0.3, -0.25) is 14.9 Å². The molecule has 1 unspecified atom stereocenters. The largest absolute Gasteiger partial charge is 0.369 e. The smallest absolute Gasteiger partial charge is 0.270 e. The van der Waals surface area contributed by atoms with E-state index in [1.807, 2.05) is 0 Å². The van der Waals surface area contributed by atoms with Gasteiger partial charge in [-0.1, -0.05) is 0 Å². The number of nitrogens with zero attached hydrogens (tertiary/aromatic N) is 1. The van der Waals surface area contributed by atoms with Gasteiger partial charge >= 0.3 is 0 Å². The van der Waals surface area contributed by atoms with Crippen LogP contribution in [-0.4, -0.2) is 16.7 Å². The molecule has 1 rings (SSSR count). The minimum atomic E-state index is -0.884. The zero-order valence-corrected chi connectivity index (χ0v) is 5.87. The van der Waals surface area contributed by atoms with E-state index in [9.17, 15) is 14.9 Å². The Morgan fingerprint density at radius 1 is 1.60 bits per heavy atom. The SMILES string of the molecule is O=C1CCCC1[N+](=O)[O-].[NH4+]. The fourth-order valence-electron chi connectivity index (χ4n) is 1.02. The molecule has 0 radical (unpaired) electrons. The summed E-state index contributed by atoms with van der Waals surface area (Å²) in [5.74, 6) is -0.208. The molecule has 58 valence electrons. The van der Waals surface area contributed by atoms with Crippen molar-refractivity contribution in [1.82, 2.24) is 6.15 Å². The van der Waals surface area contributed by atoms with Gasteiger partial charge in [0.25, 0.3) is 6.04 Å². The van der Waals surface area contributed by atoms with Gasteiger partial charge in [0.15, 0.2) is 0 Å². The standard InChI is InChI=1S/C5H7NO3.H3N/c7-5-3-1-2-4(5)6(8)9;/h4H,1-3H2;1H3/p+1. The van der Waals surface area contributed by atoms with Crippen molar-refractivity contribution in [3.63, 3.8) is 0 Å². The quantitative estimate of drug-likeness (QED) is 0.438. The number of hydrogen-bond donors (Lipinski definition) is 1. The molecule has 0 saturated heterocycles.